The number of rotatable bonds is 8. The molecule has 0 saturated carbocycles. The third kappa shape index (κ3) is 7.32. The number of benzene rings is 2. The maximum Gasteiger partial charge on any atom is 0.335 e. The summed E-state index contributed by atoms with van der Waals surface area (Å²) in [5.74, 6) is -3.34. The largest absolute Gasteiger partial charge is 0.478 e. The second-order valence-electron chi connectivity index (χ2n) is 5.53. The molecule has 10 heteroatoms. The Morgan fingerprint density at radius 3 is 2.45 bits per heavy atom. The molecule has 0 unspecified atom stereocenters. The predicted molar refractivity (Wildman–Crippen MR) is 110 cm³/mol. The fraction of sp³-hybridized carbons (Fsp3) is 0.0526. The van der Waals surface area contributed by atoms with Gasteiger partial charge in [-0.2, -0.15) is 0 Å². The Bertz CT molecular complexity index is 992. The van der Waals surface area contributed by atoms with Gasteiger partial charge in [0.05, 0.1) is 22.0 Å². The number of anilines is 2. The van der Waals surface area contributed by atoms with E-state index in [1.165, 1.54) is 30.0 Å². The highest BCUT2D eigenvalue weighted by Gasteiger charge is 2.11. The van der Waals surface area contributed by atoms with Crippen LogP contribution in [0.4, 0.5) is 11.4 Å². The van der Waals surface area contributed by atoms with Crippen molar-refractivity contribution in [3.63, 3.8) is 0 Å². The van der Waals surface area contributed by atoms with Gasteiger partial charge in [-0.3, -0.25) is 9.59 Å². The summed E-state index contributed by atoms with van der Waals surface area (Å²) in [5.41, 5.74) is 0.633. The van der Waals surface area contributed by atoms with E-state index in [1.54, 1.807) is 24.3 Å². The van der Waals surface area contributed by atoms with Crippen molar-refractivity contribution in [1.82, 2.24) is 0 Å². The SMILES string of the molecule is O=C(O)/C=C/C(=O)Nc1cccc(SCC(=O)Nc2cc(C(=O)O)ccc2Cl)c1. The number of nitrogens with one attached hydrogen (secondary N) is 2. The summed E-state index contributed by atoms with van der Waals surface area (Å²) in [4.78, 5) is 45.9. The summed E-state index contributed by atoms with van der Waals surface area (Å²) in [7, 11) is 0. The highest BCUT2D eigenvalue weighted by atomic mass is 35.5. The quantitative estimate of drug-likeness (QED) is 0.370. The molecule has 4 N–H and O–H groups in total. The van der Waals surface area contributed by atoms with Crippen LogP contribution < -0.4 is 10.6 Å². The topological polar surface area (TPSA) is 133 Å². The number of carboxylic acid groups (broad SMARTS) is 2. The first-order valence-corrected chi connectivity index (χ1v) is 9.38. The zero-order valence-corrected chi connectivity index (χ0v) is 16.3. The predicted octanol–water partition coefficient (Wildman–Crippen LogP) is 3.35. The molecule has 0 bridgehead atoms. The Morgan fingerprint density at radius 2 is 1.76 bits per heavy atom. The molecule has 8 nitrogen and oxygen atoms in total. The van der Waals surface area contributed by atoms with E-state index >= 15 is 0 Å². The van der Waals surface area contributed by atoms with Gasteiger partial charge in [0.1, 0.15) is 0 Å². The van der Waals surface area contributed by atoms with Crippen molar-refractivity contribution in [3.8, 4) is 0 Å². The number of carbonyl (C=O) groups excluding carboxylic acids is 2. The molecule has 0 aliphatic carbocycles. The molecule has 2 aromatic carbocycles. The maximum absolute atomic E-state index is 12.2. The standard InChI is InChI=1S/C19H15ClN2O6S/c20-14-5-4-11(19(27)28)8-15(14)22-17(24)10-29-13-3-1-2-12(9-13)21-16(23)6-7-18(25)26/h1-9H,10H2,(H,21,23)(H,22,24)(H,25,26)(H,27,28)/b7-6+. The van der Waals surface area contributed by atoms with Gasteiger partial charge in [0.15, 0.2) is 0 Å². The summed E-state index contributed by atoms with van der Waals surface area (Å²) in [6, 6.07) is 10.6. The van der Waals surface area contributed by atoms with Crippen LogP contribution in [0.2, 0.25) is 5.02 Å². The number of aromatic carboxylic acids is 1. The monoisotopic (exact) mass is 434 g/mol. The zero-order chi connectivity index (χ0) is 21.4. The molecular formula is C19H15ClN2O6S. The van der Waals surface area contributed by atoms with E-state index in [2.05, 4.69) is 10.6 Å². The van der Waals surface area contributed by atoms with Crippen LogP contribution in [0.15, 0.2) is 59.5 Å². The van der Waals surface area contributed by atoms with Crippen LogP contribution in [-0.2, 0) is 14.4 Å². The number of thioether (sulfide) groups is 1. The number of hydrogen-bond acceptors (Lipinski definition) is 5. The van der Waals surface area contributed by atoms with Gasteiger partial charge in [-0.25, -0.2) is 9.59 Å². The van der Waals surface area contributed by atoms with Gasteiger partial charge in [0.25, 0.3) is 0 Å². The molecule has 2 amide bonds. The summed E-state index contributed by atoms with van der Waals surface area (Å²) in [5, 5.41) is 22.8. The average Bonchev–Trinajstić information content (AvgIpc) is 2.66. The minimum atomic E-state index is -1.23. The minimum absolute atomic E-state index is 0.00209. The van der Waals surface area contributed by atoms with Crippen molar-refractivity contribution in [2.24, 2.45) is 0 Å². The van der Waals surface area contributed by atoms with Gasteiger partial charge in [-0.1, -0.05) is 17.7 Å². The molecule has 0 aliphatic rings. The van der Waals surface area contributed by atoms with Crippen LogP contribution in [0.25, 0.3) is 0 Å². The second kappa shape index (κ2) is 10.3. The minimum Gasteiger partial charge on any atom is -0.478 e. The van der Waals surface area contributed by atoms with Crippen molar-refractivity contribution in [2.45, 2.75) is 4.90 Å². The highest BCUT2D eigenvalue weighted by molar-refractivity contribution is 8.00. The molecule has 0 spiro atoms. The average molecular weight is 435 g/mol. The Morgan fingerprint density at radius 1 is 1.00 bits per heavy atom. The van der Waals surface area contributed by atoms with Crippen LogP contribution >= 0.6 is 23.4 Å². The van der Waals surface area contributed by atoms with Crippen LogP contribution in [0.5, 0.6) is 0 Å². The molecule has 0 atom stereocenters. The lowest BCUT2D eigenvalue weighted by molar-refractivity contribution is -0.131. The van der Waals surface area contributed by atoms with E-state index in [0.717, 1.165) is 12.2 Å². The van der Waals surface area contributed by atoms with E-state index in [1.807, 2.05) is 0 Å². The summed E-state index contributed by atoms with van der Waals surface area (Å²) < 4.78 is 0. The zero-order valence-electron chi connectivity index (χ0n) is 14.7. The molecule has 2 aromatic rings. The van der Waals surface area contributed by atoms with Crippen molar-refractivity contribution < 1.29 is 29.4 Å². The number of carboxylic acids is 2. The smallest absolute Gasteiger partial charge is 0.335 e. The van der Waals surface area contributed by atoms with Gasteiger partial charge in [0.2, 0.25) is 11.8 Å². The molecular weight excluding hydrogens is 420 g/mol. The molecule has 29 heavy (non-hydrogen) atoms. The lowest BCUT2D eigenvalue weighted by atomic mass is 10.2. The Hall–Kier alpha value is -3.30. The lowest BCUT2D eigenvalue weighted by Gasteiger charge is -2.09. The third-order valence-electron chi connectivity index (χ3n) is 3.34. The van der Waals surface area contributed by atoms with Gasteiger partial charge in [0, 0.05) is 22.7 Å². The van der Waals surface area contributed by atoms with Crippen molar-refractivity contribution in [3.05, 3.63) is 65.2 Å². The van der Waals surface area contributed by atoms with Crippen molar-refractivity contribution >= 4 is 58.5 Å². The van der Waals surface area contributed by atoms with E-state index < -0.39 is 23.8 Å². The van der Waals surface area contributed by atoms with Gasteiger partial charge in [-0.05, 0) is 36.4 Å². The van der Waals surface area contributed by atoms with Gasteiger partial charge in [-0.15, -0.1) is 11.8 Å². The fourth-order valence-corrected chi connectivity index (χ4v) is 3.00. The molecule has 2 rings (SSSR count). The molecule has 0 saturated heterocycles. The third-order valence-corrected chi connectivity index (χ3v) is 4.66. The molecule has 150 valence electrons. The number of hydrogen-bond donors (Lipinski definition) is 4. The first-order valence-electron chi connectivity index (χ1n) is 8.02. The van der Waals surface area contributed by atoms with Crippen LogP contribution in [-0.4, -0.2) is 39.7 Å². The number of amides is 2. The van der Waals surface area contributed by atoms with Gasteiger partial charge < -0.3 is 20.8 Å². The fourth-order valence-electron chi connectivity index (χ4n) is 2.08. The maximum atomic E-state index is 12.2. The molecule has 0 aromatic heterocycles. The number of carbonyl (C=O) groups is 4. The van der Waals surface area contributed by atoms with Gasteiger partial charge >= 0.3 is 11.9 Å². The molecule has 0 fully saturated rings. The van der Waals surface area contributed by atoms with E-state index in [0.29, 0.717) is 10.6 Å². The summed E-state index contributed by atoms with van der Waals surface area (Å²) in [6.45, 7) is 0. The Balaban J connectivity index is 1.95. The summed E-state index contributed by atoms with van der Waals surface area (Å²) >= 11 is 7.17. The van der Waals surface area contributed by atoms with E-state index in [-0.39, 0.29) is 22.0 Å². The Kier molecular flexibility index (Phi) is 7.81. The van der Waals surface area contributed by atoms with Crippen molar-refractivity contribution in [2.75, 3.05) is 16.4 Å². The first kappa shape index (κ1) is 22.0. The highest BCUT2D eigenvalue weighted by Crippen LogP contribution is 2.25. The first-order chi connectivity index (χ1) is 13.7. The molecule has 0 aliphatic heterocycles. The lowest BCUT2D eigenvalue weighted by Crippen LogP contribution is -2.15. The summed E-state index contributed by atoms with van der Waals surface area (Å²) in [6.07, 6.45) is 1.62. The van der Waals surface area contributed by atoms with Crippen LogP contribution in [0.1, 0.15) is 10.4 Å². The number of halogens is 1. The Labute approximate surface area is 174 Å². The second-order valence-corrected chi connectivity index (χ2v) is 6.98. The number of aliphatic carboxylic acids is 1. The van der Waals surface area contributed by atoms with Crippen LogP contribution in [0, 0.1) is 0 Å². The van der Waals surface area contributed by atoms with E-state index in [4.69, 9.17) is 21.8 Å². The van der Waals surface area contributed by atoms with Crippen molar-refractivity contribution in [1.29, 1.82) is 0 Å². The molecule has 0 radical (unpaired) electrons. The van der Waals surface area contributed by atoms with Crippen LogP contribution in [0.3, 0.4) is 0 Å². The normalized spacial score (nSPS) is 10.5. The molecule has 0 heterocycles. The van der Waals surface area contributed by atoms with E-state index in [9.17, 15) is 19.2 Å².